The monoisotopic (exact) mass is 418 g/mol. The highest BCUT2D eigenvalue weighted by Gasteiger charge is 2.35. The van der Waals surface area contributed by atoms with Gasteiger partial charge in [-0.2, -0.15) is 4.98 Å². The van der Waals surface area contributed by atoms with Gasteiger partial charge in [0, 0.05) is 17.8 Å². The molecule has 1 fully saturated rings. The topological polar surface area (TPSA) is 71.3 Å². The number of rotatable bonds is 5. The van der Waals surface area contributed by atoms with E-state index in [0.29, 0.717) is 30.1 Å². The molecule has 31 heavy (non-hydrogen) atoms. The van der Waals surface area contributed by atoms with E-state index in [-0.39, 0.29) is 12.1 Å². The third kappa shape index (κ3) is 4.33. The van der Waals surface area contributed by atoms with Crippen LogP contribution in [0.2, 0.25) is 0 Å². The van der Waals surface area contributed by atoms with E-state index >= 15 is 0 Å². The van der Waals surface area contributed by atoms with Crippen LogP contribution in [0.1, 0.15) is 75.4 Å². The number of hydrogen-bond acceptors (Lipinski definition) is 4. The Morgan fingerprint density at radius 2 is 1.71 bits per heavy atom. The summed E-state index contributed by atoms with van der Waals surface area (Å²) in [4.78, 5) is 19.8. The zero-order chi connectivity index (χ0) is 22.0. The molecule has 1 aromatic heterocycles. The van der Waals surface area contributed by atoms with E-state index in [1.807, 2.05) is 35.2 Å². The van der Waals surface area contributed by atoms with Crippen LogP contribution in [0.15, 0.2) is 53.1 Å². The summed E-state index contributed by atoms with van der Waals surface area (Å²) >= 11 is 0. The van der Waals surface area contributed by atoms with Crippen molar-refractivity contribution in [2.24, 2.45) is 0 Å². The fraction of sp³-hybridized carbons (Fsp3) is 0.400. The Bertz CT molecular complexity index is 1020. The third-order valence-electron chi connectivity index (χ3n) is 5.88. The molecule has 3 aromatic rings. The molecule has 0 bridgehead atoms. The predicted octanol–water partition coefficient (Wildman–Crippen LogP) is 6.35. The van der Waals surface area contributed by atoms with Gasteiger partial charge in [-0.1, -0.05) is 81.4 Å². The van der Waals surface area contributed by atoms with Gasteiger partial charge in [0.2, 0.25) is 11.7 Å². The summed E-state index contributed by atoms with van der Waals surface area (Å²) in [7, 11) is 0. The summed E-state index contributed by atoms with van der Waals surface area (Å²) in [5.74, 6) is 1.67. The molecule has 2 amide bonds. The van der Waals surface area contributed by atoms with Gasteiger partial charge < -0.3 is 14.7 Å². The van der Waals surface area contributed by atoms with Crippen molar-refractivity contribution >= 4 is 11.7 Å². The maximum absolute atomic E-state index is 13.3. The summed E-state index contributed by atoms with van der Waals surface area (Å²) in [6, 6.07) is 15.7. The molecule has 0 spiro atoms. The van der Waals surface area contributed by atoms with E-state index in [4.69, 9.17) is 4.52 Å². The molecule has 1 unspecified atom stereocenters. The Hall–Kier alpha value is -3.15. The Balaban J connectivity index is 1.58. The van der Waals surface area contributed by atoms with Crippen LogP contribution in [0, 0.1) is 0 Å². The average molecular weight is 419 g/mol. The lowest BCUT2D eigenvalue weighted by atomic mass is 9.93. The first-order valence-electron chi connectivity index (χ1n) is 11.0. The van der Waals surface area contributed by atoms with Crippen molar-refractivity contribution in [3.05, 3.63) is 65.5 Å². The van der Waals surface area contributed by atoms with E-state index in [2.05, 4.69) is 61.4 Å². The Kier molecular flexibility index (Phi) is 6.07. The smallest absolute Gasteiger partial charge is 0.322 e. The van der Waals surface area contributed by atoms with Crippen molar-refractivity contribution in [2.45, 2.75) is 58.4 Å². The summed E-state index contributed by atoms with van der Waals surface area (Å²) in [6.07, 6.45) is 1.72. The maximum atomic E-state index is 13.3. The van der Waals surface area contributed by atoms with Crippen molar-refractivity contribution in [3.8, 4) is 11.4 Å². The molecule has 1 saturated heterocycles. The third-order valence-corrected chi connectivity index (χ3v) is 5.88. The second-order valence-corrected chi connectivity index (χ2v) is 8.72. The maximum Gasteiger partial charge on any atom is 0.322 e. The molecular formula is C25H30N4O2. The number of para-hydroxylation sites is 1. The number of urea groups is 1. The SMILES string of the molecule is CC(C)c1cccc(C(C)C)c1NC(=O)N1CCCC1c1nc(-c2ccccc2)no1. The van der Waals surface area contributed by atoms with E-state index < -0.39 is 0 Å². The fourth-order valence-electron chi connectivity index (χ4n) is 4.22. The van der Waals surface area contributed by atoms with Gasteiger partial charge in [0.05, 0.1) is 0 Å². The Morgan fingerprint density at radius 3 is 2.35 bits per heavy atom. The molecule has 6 nitrogen and oxygen atoms in total. The van der Waals surface area contributed by atoms with E-state index in [0.717, 1.165) is 35.2 Å². The van der Waals surface area contributed by atoms with Crippen LogP contribution < -0.4 is 5.32 Å². The summed E-state index contributed by atoms with van der Waals surface area (Å²) < 4.78 is 5.57. The van der Waals surface area contributed by atoms with Crippen LogP contribution in [-0.2, 0) is 0 Å². The molecule has 0 radical (unpaired) electrons. The van der Waals surface area contributed by atoms with E-state index in [1.54, 1.807) is 0 Å². The number of nitrogens with zero attached hydrogens (tertiary/aromatic N) is 3. The van der Waals surface area contributed by atoms with Crippen LogP contribution in [0.3, 0.4) is 0 Å². The van der Waals surface area contributed by atoms with E-state index in [1.165, 1.54) is 0 Å². The van der Waals surface area contributed by atoms with Crippen molar-refractivity contribution in [3.63, 3.8) is 0 Å². The van der Waals surface area contributed by atoms with Gasteiger partial charge in [-0.3, -0.25) is 0 Å². The van der Waals surface area contributed by atoms with Crippen LogP contribution in [-0.4, -0.2) is 27.6 Å². The minimum atomic E-state index is -0.210. The van der Waals surface area contributed by atoms with Crippen LogP contribution >= 0.6 is 0 Å². The van der Waals surface area contributed by atoms with Gasteiger partial charge in [-0.15, -0.1) is 0 Å². The Labute approximate surface area is 183 Å². The molecule has 1 N–H and O–H groups in total. The lowest BCUT2D eigenvalue weighted by molar-refractivity contribution is 0.193. The number of benzene rings is 2. The first-order valence-corrected chi connectivity index (χ1v) is 11.0. The molecule has 6 heteroatoms. The normalized spacial score (nSPS) is 16.3. The van der Waals surface area contributed by atoms with Gasteiger partial charge in [0.15, 0.2) is 0 Å². The van der Waals surface area contributed by atoms with Gasteiger partial charge in [-0.05, 0) is 35.8 Å². The first-order chi connectivity index (χ1) is 15.0. The zero-order valence-corrected chi connectivity index (χ0v) is 18.6. The first kappa shape index (κ1) is 21.1. The lowest BCUT2D eigenvalue weighted by Crippen LogP contribution is -2.35. The number of anilines is 1. The quantitative estimate of drug-likeness (QED) is 0.524. The highest BCUT2D eigenvalue weighted by atomic mass is 16.5. The van der Waals surface area contributed by atoms with Gasteiger partial charge in [0.25, 0.3) is 0 Å². The summed E-state index contributed by atoms with van der Waals surface area (Å²) in [5.41, 5.74) is 4.14. The second-order valence-electron chi connectivity index (χ2n) is 8.72. The van der Waals surface area contributed by atoms with Crippen LogP contribution in [0.5, 0.6) is 0 Å². The molecule has 2 heterocycles. The van der Waals surface area contributed by atoms with Gasteiger partial charge in [0.1, 0.15) is 6.04 Å². The van der Waals surface area contributed by atoms with Crippen molar-refractivity contribution < 1.29 is 9.32 Å². The number of nitrogens with one attached hydrogen (secondary N) is 1. The zero-order valence-electron chi connectivity index (χ0n) is 18.6. The molecule has 2 aromatic carbocycles. The molecule has 162 valence electrons. The predicted molar refractivity (Wildman–Crippen MR) is 122 cm³/mol. The largest absolute Gasteiger partial charge is 0.337 e. The lowest BCUT2D eigenvalue weighted by Gasteiger charge is -2.25. The summed E-state index contributed by atoms with van der Waals surface area (Å²) in [6.45, 7) is 9.27. The van der Waals surface area contributed by atoms with E-state index in [9.17, 15) is 4.79 Å². The fourth-order valence-corrected chi connectivity index (χ4v) is 4.22. The molecule has 0 aliphatic carbocycles. The molecule has 1 aliphatic rings. The van der Waals surface area contributed by atoms with Gasteiger partial charge in [-0.25, -0.2) is 4.79 Å². The summed E-state index contributed by atoms with van der Waals surface area (Å²) in [5, 5.41) is 7.36. The highest BCUT2D eigenvalue weighted by molar-refractivity contribution is 5.92. The van der Waals surface area contributed by atoms with Crippen molar-refractivity contribution in [1.82, 2.24) is 15.0 Å². The van der Waals surface area contributed by atoms with Crippen LogP contribution in [0.25, 0.3) is 11.4 Å². The molecule has 4 rings (SSSR count). The van der Waals surface area contributed by atoms with Crippen molar-refractivity contribution in [1.29, 1.82) is 0 Å². The number of amides is 2. The average Bonchev–Trinajstić information content (AvgIpc) is 3.43. The molecular weight excluding hydrogens is 388 g/mol. The Morgan fingerprint density at radius 1 is 1.03 bits per heavy atom. The molecule has 0 saturated carbocycles. The standard InChI is InChI=1S/C25H30N4O2/c1-16(2)19-12-8-13-20(17(3)4)22(19)26-25(30)29-15-9-14-21(29)24-27-23(28-31-24)18-10-6-5-7-11-18/h5-8,10-13,16-17,21H,9,14-15H2,1-4H3,(H,26,30). The molecule has 1 atom stereocenters. The number of aromatic nitrogens is 2. The number of carbonyl (C=O) groups is 1. The van der Waals surface area contributed by atoms with Crippen LogP contribution in [0.4, 0.5) is 10.5 Å². The minimum Gasteiger partial charge on any atom is -0.337 e. The molecule has 1 aliphatic heterocycles. The number of carbonyl (C=O) groups excluding carboxylic acids is 1. The number of hydrogen-bond donors (Lipinski definition) is 1. The van der Waals surface area contributed by atoms with Crippen molar-refractivity contribution in [2.75, 3.05) is 11.9 Å². The second kappa shape index (κ2) is 8.92. The number of likely N-dealkylation sites (tertiary alicyclic amines) is 1. The minimum absolute atomic E-state index is 0.114. The highest BCUT2D eigenvalue weighted by Crippen LogP contribution is 2.35. The van der Waals surface area contributed by atoms with Gasteiger partial charge >= 0.3 is 6.03 Å².